The van der Waals surface area contributed by atoms with E-state index in [0.29, 0.717) is 32.2 Å². The third kappa shape index (κ3) is 9.26. The average molecular weight is 314 g/mol. The number of aliphatic hydroxyl groups excluding tert-OH is 1. The Bertz CT molecular complexity index is 311. The minimum atomic E-state index is -0.354. The van der Waals surface area contributed by atoms with Gasteiger partial charge in [-0.1, -0.05) is 39.5 Å². The van der Waals surface area contributed by atoms with Gasteiger partial charge in [-0.25, -0.2) is 4.79 Å². The van der Waals surface area contributed by atoms with E-state index in [4.69, 9.17) is 4.74 Å². The summed E-state index contributed by atoms with van der Waals surface area (Å²) in [6.45, 7) is 7.51. The van der Waals surface area contributed by atoms with Gasteiger partial charge in [0.05, 0.1) is 18.8 Å². The number of urea groups is 1. The van der Waals surface area contributed by atoms with Crippen LogP contribution < -0.4 is 10.6 Å². The molecule has 1 aliphatic rings. The first-order chi connectivity index (χ1) is 10.4. The molecule has 2 amide bonds. The van der Waals surface area contributed by atoms with Crippen molar-refractivity contribution in [1.82, 2.24) is 10.6 Å². The molecule has 1 atom stereocenters. The maximum atomic E-state index is 11.7. The van der Waals surface area contributed by atoms with Crippen LogP contribution in [0.25, 0.3) is 0 Å². The number of ether oxygens (including phenoxy) is 1. The predicted molar refractivity (Wildman–Crippen MR) is 88.9 cm³/mol. The highest BCUT2D eigenvalue weighted by Gasteiger charge is 2.21. The van der Waals surface area contributed by atoms with E-state index in [1.165, 1.54) is 25.7 Å². The molecule has 1 aliphatic carbocycles. The van der Waals surface area contributed by atoms with Crippen LogP contribution in [0.1, 0.15) is 65.7 Å². The molecule has 130 valence electrons. The van der Waals surface area contributed by atoms with Crippen LogP contribution in [0.15, 0.2) is 0 Å². The minimum Gasteiger partial charge on any atom is -0.393 e. The van der Waals surface area contributed by atoms with Crippen molar-refractivity contribution >= 4 is 6.03 Å². The zero-order valence-electron chi connectivity index (χ0n) is 14.5. The molecular weight excluding hydrogens is 280 g/mol. The van der Waals surface area contributed by atoms with E-state index in [0.717, 1.165) is 12.8 Å². The molecule has 1 unspecified atom stereocenters. The van der Waals surface area contributed by atoms with E-state index in [9.17, 15) is 9.90 Å². The summed E-state index contributed by atoms with van der Waals surface area (Å²) in [6.07, 6.45) is 8.15. The van der Waals surface area contributed by atoms with E-state index < -0.39 is 0 Å². The average Bonchev–Trinajstić information content (AvgIpc) is 2.69. The first-order valence-corrected chi connectivity index (χ1v) is 8.70. The van der Waals surface area contributed by atoms with Gasteiger partial charge in [0.1, 0.15) is 0 Å². The number of carbonyl (C=O) groups is 1. The Morgan fingerprint density at radius 2 is 1.86 bits per heavy atom. The maximum absolute atomic E-state index is 11.7. The summed E-state index contributed by atoms with van der Waals surface area (Å²) in [5.74, 6) is 0. The predicted octanol–water partition coefficient (Wildman–Crippen LogP) is 2.82. The smallest absolute Gasteiger partial charge is 0.314 e. The topological polar surface area (TPSA) is 70.6 Å². The third-order valence-corrected chi connectivity index (χ3v) is 4.12. The van der Waals surface area contributed by atoms with Crippen LogP contribution in [-0.2, 0) is 4.74 Å². The van der Waals surface area contributed by atoms with Crippen molar-refractivity contribution in [2.24, 2.45) is 5.41 Å². The van der Waals surface area contributed by atoms with Crippen molar-refractivity contribution in [3.8, 4) is 0 Å². The van der Waals surface area contributed by atoms with Crippen LogP contribution in [0, 0.1) is 5.41 Å². The summed E-state index contributed by atoms with van der Waals surface area (Å²) in [4.78, 5) is 11.7. The highest BCUT2D eigenvalue weighted by molar-refractivity contribution is 5.73. The highest BCUT2D eigenvalue weighted by Crippen LogP contribution is 2.21. The maximum Gasteiger partial charge on any atom is 0.314 e. The van der Waals surface area contributed by atoms with Crippen molar-refractivity contribution in [2.75, 3.05) is 19.7 Å². The number of amides is 2. The minimum absolute atomic E-state index is 0.109. The molecule has 0 aromatic heterocycles. The van der Waals surface area contributed by atoms with Crippen LogP contribution in [0.5, 0.6) is 0 Å². The second kappa shape index (κ2) is 10.1. The second-order valence-corrected chi connectivity index (χ2v) is 7.31. The number of rotatable bonds is 8. The fourth-order valence-corrected chi connectivity index (χ4v) is 3.05. The summed E-state index contributed by atoms with van der Waals surface area (Å²) in [7, 11) is 0. The second-order valence-electron chi connectivity index (χ2n) is 7.31. The van der Waals surface area contributed by atoms with Gasteiger partial charge in [-0.2, -0.15) is 0 Å². The van der Waals surface area contributed by atoms with Crippen LogP contribution in [-0.4, -0.2) is 43.0 Å². The van der Waals surface area contributed by atoms with Gasteiger partial charge in [-0.15, -0.1) is 0 Å². The molecule has 3 N–H and O–H groups in total. The molecule has 1 saturated carbocycles. The number of nitrogens with one attached hydrogen (secondary N) is 2. The van der Waals surface area contributed by atoms with E-state index in [1.807, 2.05) is 13.8 Å². The fourth-order valence-electron chi connectivity index (χ4n) is 3.05. The summed E-state index contributed by atoms with van der Waals surface area (Å²) in [5, 5.41) is 15.1. The lowest BCUT2D eigenvalue weighted by Gasteiger charge is -2.26. The van der Waals surface area contributed by atoms with Gasteiger partial charge in [-0.3, -0.25) is 0 Å². The third-order valence-electron chi connectivity index (χ3n) is 4.12. The largest absolute Gasteiger partial charge is 0.393 e. The first kappa shape index (κ1) is 19.2. The van der Waals surface area contributed by atoms with Crippen molar-refractivity contribution in [1.29, 1.82) is 0 Å². The molecule has 22 heavy (non-hydrogen) atoms. The number of hydrogen-bond acceptors (Lipinski definition) is 3. The Kier molecular flexibility index (Phi) is 8.79. The van der Waals surface area contributed by atoms with Crippen molar-refractivity contribution < 1.29 is 14.6 Å². The summed E-state index contributed by atoms with van der Waals surface area (Å²) < 4.78 is 5.84. The van der Waals surface area contributed by atoms with Gasteiger partial charge >= 0.3 is 6.03 Å². The summed E-state index contributed by atoms with van der Waals surface area (Å²) >= 11 is 0. The number of aliphatic hydroxyl groups is 1. The van der Waals surface area contributed by atoms with E-state index in [-0.39, 0.29) is 17.6 Å². The lowest BCUT2D eigenvalue weighted by atomic mass is 9.87. The molecule has 5 heteroatoms. The Morgan fingerprint density at radius 1 is 1.23 bits per heavy atom. The fraction of sp³-hybridized carbons (Fsp3) is 0.941. The number of carbonyl (C=O) groups excluding carboxylic acids is 1. The lowest BCUT2D eigenvalue weighted by Crippen LogP contribution is -2.42. The molecular formula is C17H34N2O3. The van der Waals surface area contributed by atoms with Gasteiger partial charge < -0.3 is 20.5 Å². The van der Waals surface area contributed by atoms with E-state index in [1.54, 1.807) is 6.92 Å². The normalized spacial score (nSPS) is 18.5. The molecule has 0 heterocycles. The van der Waals surface area contributed by atoms with Crippen LogP contribution >= 0.6 is 0 Å². The molecule has 1 fully saturated rings. The van der Waals surface area contributed by atoms with Crippen LogP contribution in [0.3, 0.4) is 0 Å². The first-order valence-electron chi connectivity index (χ1n) is 8.70. The zero-order chi connectivity index (χ0) is 16.4. The zero-order valence-corrected chi connectivity index (χ0v) is 14.5. The van der Waals surface area contributed by atoms with Gasteiger partial charge in [0.15, 0.2) is 0 Å². The molecule has 5 nitrogen and oxygen atoms in total. The van der Waals surface area contributed by atoms with E-state index >= 15 is 0 Å². The SMILES string of the molecule is CC(O)CC(C)(C)CNC(=O)NCCOC1CCCCCC1. The molecule has 0 spiro atoms. The Morgan fingerprint density at radius 3 is 2.45 bits per heavy atom. The Labute approximate surface area is 135 Å². The molecule has 0 bridgehead atoms. The molecule has 1 rings (SSSR count). The van der Waals surface area contributed by atoms with Crippen LogP contribution in [0.4, 0.5) is 4.79 Å². The highest BCUT2D eigenvalue weighted by atomic mass is 16.5. The monoisotopic (exact) mass is 314 g/mol. The molecule has 0 aliphatic heterocycles. The van der Waals surface area contributed by atoms with Gasteiger partial charge in [0.2, 0.25) is 0 Å². The lowest BCUT2D eigenvalue weighted by molar-refractivity contribution is 0.0460. The van der Waals surface area contributed by atoms with Gasteiger partial charge in [-0.05, 0) is 31.6 Å². The molecule has 0 aromatic rings. The molecule has 0 saturated heterocycles. The summed E-state index contributed by atoms with van der Waals surface area (Å²) in [5.41, 5.74) is -0.109. The summed E-state index contributed by atoms with van der Waals surface area (Å²) in [6, 6.07) is -0.164. The molecule has 0 aromatic carbocycles. The van der Waals surface area contributed by atoms with Gasteiger partial charge in [0.25, 0.3) is 0 Å². The quantitative estimate of drug-likeness (QED) is 0.476. The van der Waals surface area contributed by atoms with E-state index in [2.05, 4.69) is 10.6 Å². The van der Waals surface area contributed by atoms with Gasteiger partial charge in [0, 0.05) is 13.1 Å². The standard InChI is InChI=1S/C17H34N2O3/c1-14(20)12-17(2,3)13-19-16(21)18-10-11-22-15-8-6-4-5-7-9-15/h14-15,20H,4-13H2,1-3H3,(H2,18,19,21). The number of hydrogen-bond donors (Lipinski definition) is 3. The van der Waals surface area contributed by atoms with Crippen molar-refractivity contribution in [3.05, 3.63) is 0 Å². The van der Waals surface area contributed by atoms with Crippen molar-refractivity contribution in [3.63, 3.8) is 0 Å². The van der Waals surface area contributed by atoms with Crippen LogP contribution in [0.2, 0.25) is 0 Å². The Balaban J connectivity index is 2.07. The molecule has 0 radical (unpaired) electrons. The van der Waals surface area contributed by atoms with Crippen molar-refractivity contribution in [2.45, 2.75) is 77.9 Å². The Hall–Kier alpha value is -0.810.